The fourth-order valence-corrected chi connectivity index (χ4v) is 3.41. The van der Waals surface area contributed by atoms with Crippen LogP contribution in [0.25, 0.3) is 0 Å². The van der Waals surface area contributed by atoms with E-state index in [4.69, 9.17) is 0 Å². The van der Waals surface area contributed by atoms with Crippen molar-refractivity contribution in [1.29, 1.82) is 0 Å². The van der Waals surface area contributed by atoms with Crippen LogP contribution in [-0.2, 0) is 19.3 Å². The van der Waals surface area contributed by atoms with Crippen molar-refractivity contribution >= 4 is 35.8 Å². The molecule has 1 aromatic carbocycles. The molecule has 10 heteroatoms. The van der Waals surface area contributed by atoms with Gasteiger partial charge in [-0.25, -0.2) is 4.98 Å². The number of anilines is 1. The highest BCUT2D eigenvalue weighted by Gasteiger charge is 2.29. The fourth-order valence-electron chi connectivity index (χ4n) is 3.41. The van der Waals surface area contributed by atoms with E-state index in [1.807, 2.05) is 18.3 Å². The Labute approximate surface area is 204 Å². The van der Waals surface area contributed by atoms with Gasteiger partial charge in [0.25, 0.3) is 0 Å². The van der Waals surface area contributed by atoms with Crippen molar-refractivity contribution in [2.75, 3.05) is 44.7 Å². The van der Waals surface area contributed by atoms with Crippen LogP contribution in [0.4, 0.5) is 19.0 Å². The van der Waals surface area contributed by atoms with Gasteiger partial charge in [0, 0.05) is 52.5 Å². The summed E-state index contributed by atoms with van der Waals surface area (Å²) in [7, 11) is 1.65. The average molecular weight is 562 g/mol. The molecule has 1 saturated heterocycles. The average Bonchev–Trinajstić information content (AvgIpc) is 2.79. The summed E-state index contributed by atoms with van der Waals surface area (Å²) in [4.78, 5) is 13.5. The zero-order chi connectivity index (χ0) is 22.3. The number of aliphatic imine (C=N–C) groups is 1. The van der Waals surface area contributed by atoms with E-state index in [2.05, 4.69) is 37.3 Å². The van der Waals surface area contributed by atoms with Gasteiger partial charge in [-0.1, -0.05) is 25.1 Å². The van der Waals surface area contributed by atoms with Crippen molar-refractivity contribution < 1.29 is 13.2 Å². The first-order valence-corrected chi connectivity index (χ1v) is 10.4. The molecule has 0 bridgehead atoms. The van der Waals surface area contributed by atoms with Crippen LogP contribution >= 0.6 is 24.0 Å². The van der Waals surface area contributed by atoms with Crippen molar-refractivity contribution in [3.63, 3.8) is 0 Å². The van der Waals surface area contributed by atoms with E-state index in [1.54, 1.807) is 7.05 Å². The lowest BCUT2D eigenvalue weighted by molar-refractivity contribution is -0.137. The molecule has 0 radical (unpaired) electrons. The number of alkyl halides is 3. The van der Waals surface area contributed by atoms with Gasteiger partial charge in [0.2, 0.25) is 0 Å². The summed E-state index contributed by atoms with van der Waals surface area (Å²) < 4.78 is 38.0. The minimum absolute atomic E-state index is 0. The number of nitrogens with one attached hydrogen (secondary N) is 2. The zero-order valence-electron chi connectivity index (χ0n) is 18.3. The topological polar surface area (TPSA) is 55.8 Å². The SMILES string of the molecule is CCN1CCN(c2ccc(CNC(=NC)NCc3ccc(C(F)(F)F)cc3)cn2)CC1.I. The smallest absolute Gasteiger partial charge is 0.354 e. The summed E-state index contributed by atoms with van der Waals surface area (Å²) in [6.45, 7) is 8.27. The van der Waals surface area contributed by atoms with E-state index in [9.17, 15) is 13.2 Å². The van der Waals surface area contributed by atoms with Gasteiger partial charge in [-0.2, -0.15) is 13.2 Å². The fraction of sp³-hybridized carbons (Fsp3) is 0.455. The summed E-state index contributed by atoms with van der Waals surface area (Å²) in [5, 5.41) is 6.31. The van der Waals surface area contributed by atoms with Crippen LogP contribution in [0.2, 0.25) is 0 Å². The molecule has 1 aliphatic heterocycles. The van der Waals surface area contributed by atoms with Gasteiger partial charge >= 0.3 is 6.18 Å². The molecule has 0 aliphatic carbocycles. The summed E-state index contributed by atoms with van der Waals surface area (Å²) in [6.07, 6.45) is -2.46. The third kappa shape index (κ3) is 7.51. The van der Waals surface area contributed by atoms with Crippen molar-refractivity contribution in [1.82, 2.24) is 20.5 Å². The Morgan fingerprint density at radius 1 is 0.969 bits per heavy atom. The lowest BCUT2D eigenvalue weighted by atomic mass is 10.1. The lowest BCUT2D eigenvalue weighted by Crippen LogP contribution is -2.46. The van der Waals surface area contributed by atoms with E-state index in [0.717, 1.165) is 61.8 Å². The number of benzene rings is 1. The summed E-state index contributed by atoms with van der Waals surface area (Å²) >= 11 is 0. The molecule has 2 heterocycles. The third-order valence-corrected chi connectivity index (χ3v) is 5.38. The minimum atomic E-state index is -4.32. The van der Waals surface area contributed by atoms with E-state index in [1.165, 1.54) is 12.1 Å². The van der Waals surface area contributed by atoms with E-state index >= 15 is 0 Å². The maximum absolute atomic E-state index is 12.7. The van der Waals surface area contributed by atoms with Crippen molar-refractivity contribution in [2.45, 2.75) is 26.2 Å². The van der Waals surface area contributed by atoms with Gasteiger partial charge in [-0.05, 0) is 35.9 Å². The predicted molar refractivity (Wildman–Crippen MR) is 132 cm³/mol. The van der Waals surface area contributed by atoms with Crippen molar-refractivity contribution in [3.8, 4) is 0 Å². The predicted octanol–water partition coefficient (Wildman–Crippen LogP) is 3.73. The van der Waals surface area contributed by atoms with Crippen LogP contribution in [0.15, 0.2) is 47.6 Å². The Hall–Kier alpha value is -2.08. The molecule has 0 amide bonds. The highest BCUT2D eigenvalue weighted by atomic mass is 127. The Morgan fingerprint density at radius 3 is 2.06 bits per heavy atom. The quantitative estimate of drug-likeness (QED) is 0.320. The van der Waals surface area contributed by atoms with Crippen LogP contribution in [0.1, 0.15) is 23.6 Å². The number of halogens is 4. The van der Waals surface area contributed by atoms with Gasteiger partial charge in [-0.3, -0.25) is 4.99 Å². The normalized spacial score (nSPS) is 15.3. The highest BCUT2D eigenvalue weighted by molar-refractivity contribution is 14.0. The number of rotatable bonds is 6. The van der Waals surface area contributed by atoms with Crippen LogP contribution < -0.4 is 15.5 Å². The molecule has 0 spiro atoms. The van der Waals surface area contributed by atoms with E-state index in [-0.39, 0.29) is 24.0 Å². The molecule has 6 nitrogen and oxygen atoms in total. The van der Waals surface area contributed by atoms with Crippen LogP contribution in [0.3, 0.4) is 0 Å². The molecule has 176 valence electrons. The van der Waals surface area contributed by atoms with Crippen LogP contribution in [0.5, 0.6) is 0 Å². The Kier molecular flexibility index (Phi) is 10.0. The van der Waals surface area contributed by atoms with Gasteiger partial charge < -0.3 is 20.4 Å². The number of hydrogen-bond acceptors (Lipinski definition) is 4. The maximum atomic E-state index is 12.7. The number of aromatic nitrogens is 1. The van der Waals surface area contributed by atoms with Crippen molar-refractivity contribution in [3.05, 3.63) is 59.3 Å². The molecule has 1 aliphatic rings. The third-order valence-electron chi connectivity index (χ3n) is 5.38. The minimum Gasteiger partial charge on any atom is -0.354 e. The summed E-state index contributed by atoms with van der Waals surface area (Å²) in [5.74, 6) is 1.56. The monoisotopic (exact) mass is 562 g/mol. The largest absolute Gasteiger partial charge is 0.416 e. The Balaban J connectivity index is 0.00000363. The van der Waals surface area contributed by atoms with Gasteiger partial charge in [-0.15, -0.1) is 24.0 Å². The molecule has 0 atom stereocenters. The highest BCUT2D eigenvalue weighted by Crippen LogP contribution is 2.29. The second kappa shape index (κ2) is 12.2. The summed E-state index contributed by atoms with van der Waals surface area (Å²) in [6, 6.07) is 9.19. The first-order chi connectivity index (χ1) is 14.9. The van der Waals surface area contributed by atoms with E-state index in [0.29, 0.717) is 19.0 Å². The molecular weight excluding hydrogens is 532 g/mol. The Bertz CT molecular complexity index is 847. The molecule has 2 N–H and O–H groups in total. The van der Waals surface area contributed by atoms with Gasteiger partial charge in [0.05, 0.1) is 5.56 Å². The van der Waals surface area contributed by atoms with Gasteiger partial charge in [0.15, 0.2) is 5.96 Å². The molecule has 32 heavy (non-hydrogen) atoms. The second-order valence-corrected chi connectivity index (χ2v) is 7.42. The first kappa shape index (κ1) is 26.2. The van der Waals surface area contributed by atoms with Crippen LogP contribution in [-0.4, -0.2) is 55.6 Å². The Morgan fingerprint density at radius 2 is 1.56 bits per heavy atom. The van der Waals surface area contributed by atoms with Crippen molar-refractivity contribution in [2.24, 2.45) is 4.99 Å². The van der Waals surface area contributed by atoms with Crippen LogP contribution in [0, 0.1) is 0 Å². The molecule has 1 aromatic heterocycles. The van der Waals surface area contributed by atoms with Gasteiger partial charge in [0.1, 0.15) is 5.82 Å². The molecule has 3 rings (SSSR count). The number of pyridine rings is 1. The summed E-state index contributed by atoms with van der Waals surface area (Å²) in [5.41, 5.74) is 1.11. The molecule has 0 saturated carbocycles. The number of likely N-dealkylation sites (N-methyl/N-ethyl adjacent to an activating group) is 1. The molecular formula is C22H30F3IN6. The number of nitrogens with zero attached hydrogens (tertiary/aromatic N) is 4. The standard InChI is InChI=1S/C22H29F3N6.HI/c1-3-30-10-12-31(13-11-30)20-9-6-18(15-27-20)16-29-21(26-2)28-14-17-4-7-19(8-5-17)22(23,24)25;/h4-9,15H,3,10-14,16H2,1-2H3,(H2,26,28,29);1H. The molecule has 0 unspecified atom stereocenters. The number of piperazine rings is 1. The first-order valence-electron chi connectivity index (χ1n) is 10.4. The second-order valence-electron chi connectivity index (χ2n) is 7.42. The molecule has 2 aromatic rings. The zero-order valence-corrected chi connectivity index (χ0v) is 20.7. The number of hydrogen-bond donors (Lipinski definition) is 2. The number of guanidine groups is 1. The lowest BCUT2D eigenvalue weighted by Gasteiger charge is -2.34. The van der Waals surface area contributed by atoms with E-state index < -0.39 is 11.7 Å². The maximum Gasteiger partial charge on any atom is 0.416 e. The molecule has 1 fully saturated rings.